The second-order valence-electron chi connectivity index (χ2n) is 6.32. The molecule has 0 aliphatic carbocycles. The minimum atomic E-state index is -0.102. The summed E-state index contributed by atoms with van der Waals surface area (Å²) in [6.07, 6.45) is 5.50. The molecule has 4 rings (SSSR count). The molecule has 1 aliphatic rings. The molecule has 1 fully saturated rings. The molecular formula is C16H20N6O2S. The molecule has 1 aliphatic heterocycles. The summed E-state index contributed by atoms with van der Waals surface area (Å²) < 4.78 is 4.95. The summed E-state index contributed by atoms with van der Waals surface area (Å²) in [6, 6.07) is 0. The van der Waals surface area contributed by atoms with Gasteiger partial charge in [0.1, 0.15) is 11.5 Å². The molecule has 0 aromatic carbocycles. The Kier molecular flexibility index (Phi) is 3.95. The molecule has 0 N–H and O–H groups in total. The topological polar surface area (TPSA) is 77.4 Å². The van der Waals surface area contributed by atoms with Crippen molar-refractivity contribution < 1.29 is 4.79 Å². The van der Waals surface area contributed by atoms with Gasteiger partial charge in [-0.05, 0) is 19.8 Å². The number of thiazole rings is 1. The van der Waals surface area contributed by atoms with Crippen LogP contribution in [-0.2, 0) is 13.6 Å². The van der Waals surface area contributed by atoms with Gasteiger partial charge in [0.2, 0.25) is 0 Å². The van der Waals surface area contributed by atoms with Crippen LogP contribution < -0.4 is 5.69 Å². The lowest BCUT2D eigenvalue weighted by molar-refractivity contribution is 0.0698. The number of fused-ring (bicyclic) bond motifs is 1. The summed E-state index contributed by atoms with van der Waals surface area (Å²) in [4.78, 5) is 32.0. The van der Waals surface area contributed by atoms with E-state index in [0.29, 0.717) is 25.3 Å². The van der Waals surface area contributed by atoms with Gasteiger partial charge in [0, 0.05) is 50.4 Å². The lowest BCUT2D eigenvalue weighted by Gasteiger charge is -2.31. The number of hydrogen-bond acceptors (Lipinski definition) is 5. The Morgan fingerprint density at radius 2 is 2.28 bits per heavy atom. The van der Waals surface area contributed by atoms with Crippen LogP contribution in [0.5, 0.6) is 0 Å². The highest BCUT2D eigenvalue weighted by Crippen LogP contribution is 2.26. The largest absolute Gasteiger partial charge is 0.345 e. The van der Waals surface area contributed by atoms with Crippen LogP contribution in [0.3, 0.4) is 0 Å². The Labute approximate surface area is 148 Å². The standard InChI is InChI=1S/C16H20N6O2S/c1-3-22-13(18-19(2)16(22)24)11-5-4-6-20(9-11)14(23)12-10-21-7-8-25-15(21)17-12/h7-8,10-11H,3-6,9H2,1-2H3. The zero-order chi connectivity index (χ0) is 17.6. The van der Waals surface area contributed by atoms with Gasteiger partial charge in [0.15, 0.2) is 4.96 Å². The molecule has 3 aromatic heterocycles. The van der Waals surface area contributed by atoms with Gasteiger partial charge in [0.05, 0.1) is 0 Å². The van der Waals surface area contributed by atoms with Crippen LogP contribution in [0.2, 0.25) is 0 Å². The van der Waals surface area contributed by atoms with Crippen molar-refractivity contribution >= 4 is 22.2 Å². The van der Waals surface area contributed by atoms with Gasteiger partial charge in [0.25, 0.3) is 5.91 Å². The van der Waals surface area contributed by atoms with Crippen molar-refractivity contribution in [3.63, 3.8) is 0 Å². The Balaban J connectivity index is 1.58. The summed E-state index contributed by atoms with van der Waals surface area (Å²) in [5, 5.41) is 6.35. The van der Waals surface area contributed by atoms with Crippen molar-refractivity contribution in [3.05, 3.63) is 39.8 Å². The van der Waals surface area contributed by atoms with Crippen LogP contribution in [0.4, 0.5) is 0 Å². The lowest BCUT2D eigenvalue weighted by Crippen LogP contribution is -2.40. The number of aryl methyl sites for hydroxylation is 1. The predicted molar refractivity (Wildman–Crippen MR) is 94.1 cm³/mol. The number of amides is 1. The van der Waals surface area contributed by atoms with E-state index in [4.69, 9.17) is 0 Å². The van der Waals surface area contributed by atoms with E-state index in [9.17, 15) is 9.59 Å². The van der Waals surface area contributed by atoms with E-state index < -0.39 is 0 Å². The van der Waals surface area contributed by atoms with Gasteiger partial charge < -0.3 is 4.90 Å². The Morgan fingerprint density at radius 1 is 1.44 bits per heavy atom. The third-order valence-electron chi connectivity index (χ3n) is 4.74. The SMILES string of the molecule is CCn1c(C2CCCN(C(=O)c3cn4ccsc4n3)C2)nn(C)c1=O. The third kappa shape index (κ3) is 2.68. The van der Waals surface area contributed by atoms with Crippen molar-refractivity contribution in [1.29, 1.82) is 0 Å². The number of carbonyl (C=O) groups is 1. The summed E-state index contributed by atoms with van der Waals surface area (Å²) in [6.45, 7) is 3.81. The minimum absolute atomic E-state index is 0.0538. The molecule has 0 radical (unpaired) electrons. The normalized spacial score (nSPS) is 18.2. The minimum Gasteiger partial charge on any atom is -0.337 e. The number of rotatable bonds is 3. The van der Waals surface area contributed by atoms with Crippen molar-refractivity contribution in [2.75, 3.05) is 13.1 Å². The van der Waals surface area contributed by atoms with E-state index in [1.807, 2.05) is 27.8 Å². The maximum Gasteiger partial charge on any atom is 0.345 e. The first-order chi connectivity index (χ1) is 12.1. The highest BCUT2D eigenvalue weighted by molar-refractivity contribution is 7.15. The van der Waals surface area contributed by atoms with Crippen LogP contribution in [0, 0.1) is 0 Å². The number of imidazole rings is 1. The number of hydrogen-bond donors (Lipinski definition) is 0. The predicted octanol–water partition coefficient (Wildman–Crippen LogP) is 1.33. The first kappa shape index (κ1) is 16.1. The molecular weight excluding hydrogens is 340 g/mol. The van der Waals surface area contributed by atoms with Crippen LogP contribution in [0.1, 0.15) is 42.0 Å². The van der Waals surface area contributed by atoms with Gasteiger partial charge in [-0.2, -0.15) is 5.10 Å². The second kappa shape index (κ2) is 6.14. The smallest absolute Gasteiger partial charge is 0.337 e. The average Bonchev–Trinajstić information content (AvgIpc) is 3.29. The van der Waals surface area contributed by atoms with Gasteiger partial charge in [-0.25, -0.2) is 14.5 Å². The monoisotopic (exact) mass is 360 g/mol. The number of piperidine rings is 1. The van der Waals surface area contributed by atoms with Crippen molar-refractivity contribution in [1.82, 2.24) is 28.6 Å². The molecule has 4 heterocycles. The van der Waals surface area contributed by atoms with Crippen LogP contribution in [0.15, 0.2) is 22.6 Å². The molecule has 1 unspecified atom stereocenters. The van der Waals surface area contributed by atoms with Crippen molar-refractivity contribution in [2.24, 2.45) is 7.05 Å². The molecule has 25 heavy (non-hydrogen) atoms. The molecule has 132 valence electrons. The highest BCUT2D eigenvalue weighted by atomic mass is 32.1. The van der Waals surface area contributed by atoms with E-state index in [-0.39, 0.29) is 17.5 Å². The first-order valence-corrected chi connectivity index (χ1v) is 9.31. The van der Waals surface area contributed by atoms with Crippen LogP contribution in [-0.4, -0.2) is 47.6 Å². The van der Waals surface area contributed by atoms with E-state index >= 15 is 0 Å². The first-order valence-electron chi connectivity index (χ1n) is 8.43. The molecule has 0 bridgehead atoms. The van der Waals surface area contributed by atoms with E-state index in [1.165, 1.54) is 16.0 Å². The summed E-state index contributed by atoms with van der Waals surface area (Å²) >= 11 is 1.51. The maximum atomic E-state index is 12.8. The average molecular weight is 360 g/mol. The van der Waals surface area contributed by atoms with E-state index in [2.05, 4.69) is 10.1 Å². The fraction of sp³-hybridized carbons (Fsp3) is 0.500. The Bertz CT molecular complexity index is 952. The lowest BCUT2D eigenvalue weighted by atomic mass is 9.97. The molecule has 1 atom stereocenters. The van der Waals surface area contributed by atoms with Crippen LogP contribution >= 0.6 is 11.3 Å². The van der Waals surface area contributed by atoms with Crippen molar-refractivity contribution in [2.45, 2.75) is 32.2 Å². The van der Waals surface area contributed by atoms with E-state index in [1.54, 1.807) is 17.8 Å². The molecule has 1 saturated heterocycles. The van der Waals surface area contributed by atoms with E-state index in [0.717, 1.165) is 23.6 Å². The van der Waals surface area contributed by atoms with Crippen LogP contribution in [0.25, 0.3) is 4.96 Å². The summed E-state index contributed by atoms with van der Waals surface area (Å²) in [5.41, 5.74) is 0.372. The fourth-order valence-corrected chi connectivity index (χ4v) is 4.19. The Hall–Kier alpha value is -2.42. The summed E-state index contributed by atoms with van der Waals surface area (Å²) in [5.74, 6) is 0.801. The number of nitrogens with zero attached hydrogens (tertiary/aromatic N) is 6. The zero-order valence-corrected chi connectivity index (χ0v) is 15.1. The quantitative estimate of drug-likeness (QED) is 0.706. The Morgan fingerprint density at radius 3 is 3.04 bits per heavy atom. The van der Waals surface area contributed by atoms with Crippen molar-refractivity contribution in [3.8, 4) is 0 Å². The van der Waals surface area contributed by atoms with Gasteiger partial charge in [-0.1, -0.05) is 0 Å². The number of likely N-dealkylation sites (tertiary alicyclic amines) is 1. The summed E-state index contributed by atoms with van der Waals surface area (Å²) in [7, 11) is 1.67. The van der Waals surface area contributed by atoms with Gasteiger partial charge in [-0.15, -0.1) is 11.3 Å². The molecule has 0 saturated carbocycles. The highest BCUT2D eigenvalue weighted by Gasteiger charge is 2.30. The second-order valence-corrected chi connectivity index (χ2v) is 7.19. The maximum absolute atomic E-state index is 12.8. The number of carbonyl (C=O) groups excluding carboxylic acids is 1. The van der Waals surface area contributed by atoms with Gasteiger partial charge >= 0.3 is 5.69 Å². The number of aromatic nitrogens is 5. The third-order valence-corrected chi connectivity index (χ3v) is 5.51. The molecule has 1 amide bonds. The fourth-order valence-electron chi connectivity index (χ4n) is 3.49. The molecule has 8 nitrogen and oxygen atoms in total. The van der Waals surface area contributed by atoms with Gasteiger partial charge in [-0.3, -0.25) is 13.8 Å². The molecule has 0 spiro atoms. The zero-order valence-electron chi connectivity index (χ0n) is 14.3. The molecule has 3 aromatic rings. The molecule has 9 heteroatoms.